The maximum Gasteiger partial charge on any atom is 0.276 e. The lowest BCUT2D eigenvalue weighted by Crippen LogP contribution is -2.38. The third-order valence-corrected chi connectivity index (χ3v) is 4.38. The quantitative estimate of drug-likeness (QED) is 0.928. The molecule has 0 radical (unpaired) electrons. The van der Waals surface area contributed by atoms with Crippen LogP contribution in [-0.2, 0) is 0 Å². The van der Waals surface area contributed by atoms with Crippen molar-refractivity contribution in [1.82, 2.24) is 19.9 Å². The molecule has 1 saturated heterocycles. The molecule has 1 aliphatic rings. The number of amides is 1. The molecule has 0 bridgehead atoms. The number of aliphatic hydroxyl groups excluding tert-OH is 1. The number of halogens is 2. The summed E-state index contributed by atoms with van der Waals surface area (Å²) in [6.45, 7) is 2.25. The molecule has 6 nitrogen and oxygen atoms in total. The van der Waals surface area contributed by atoms with Crippen LogP contribution in [0, 0.1) is 12.7 Å². The van der Waals surface area contributed by atoms with E-state index in [9.17, 15) is 14.3 Å². The van der Waals surface area contributed by atoms with Crippen molar-refractivity contribution in [2.24, 2.45) is 0 Å². The molecule has 23 heavy (non-hydrogen) atoms. The molecule has 0 unspecified atom stereocenters. The van der Waals surface area contributed by atoms with Crippen LogP contribution in [0.1, 0.15) is 29.0 Å². The SMILES string of the molecule is Cc1c(C(=O)N2CCC[C@@H]2CO)nnn1-c1ccc(F)c(Cl)c1. The monoisotopic (exact) mass is 338 g/mol. The number of aliphatic hydroxyl groups is 1. The fourth-order valence-corrected chi connectivity index (χ4v) is 2.99. The Bertz CT molecular complexity index is 749. The second-order valence-corrected chi connectivity index (χ2v) is 5.92. The average molecular weight is 339 g/mol. The van der Waals surface area contributed by atoms with Gasteiger partial charge < -0.3 is 10.0 Å². The summed E-state index contributed by atoms with van der Waals surface area (Å²) in [7, 11) is 0. The van der Waals surface area contributed by atoms with E-state index in [0.717, 1.165) is 12.8 Å². The summed E-state index contributed by atoms with van der Waals surface area (Å²) in [5, 5.41) is 17.3. The predicted molar refractivity (Wildman–Crippen MR) is 82.2 cm³/mol. The van der Waals surface area contributed by atoms with Gasteiger partial charge in [0, 0.05) is 6.54 Å². The molecule has 2 aromatic rings. The highest BCUT2D eigenvalue weighted by molar-refractivity contribution is 6.30. The first-order valence-corrected chi connectivity index (χ1v) is 7.70. The fourth-order valence-electron chi connectivity index (χ4n) is 2.82. The third-order valence-electron chi connectivity index (χ3n) is 4.09. The minimum absolute atomic E-state index is 0.0230. The van der Waals surface area contributed by atoms with Crippen molar-refractivity contribution >= 4 is 17.5 Å². The van der Waals surface area contributed by atoms with Crippen LogP contribution in [-0.4, -0.2) is 50.1 Å². The number of hydrogen-bond donors (Lipinski definition) is 1. The van der Waals surface area contributed by atoms with Gasteiger partial charge in [0.1, 0.15) is 5.82 Å². The van der Waals surface area contributed by atoms with Crippen LogP contribution in [0.2, 0.25) is 5.02 Å². The van der Waals surface area contributed by atoms with Crippen molar-refractivity contribution in [2.75, 3.05) is 13.2 Å². The summed E-state index contributed by atoms with van der Waals surface area (Å²) in [4.78, 5) is 14.2. The van der Waals surface area contributed by atoms with Gasteiger partial charge in [-0.15, -0.1) is 5.10 Å². The molecule has 1 aliphatic heterocycles. The Labute approximate surface area is 137 Å². The van der Waals surface area contributed by atoms with E-state index in [4.69, 9.17) is 11.6 Å². The highest BCUT2D eigenvalue weighted by Crippen LogP contribution is 2.23. The molecule has 0 aliphatic carbocycles. The van der Waals surface area contributed by atoms with Gasteiger partial charge >= 0.3 is 0 Å². The summed E-state index contributed by atoms with van der Waals surface area (Å²) in [6.07, 6.45) is 1.64. The smallest absolute Gasteiger partial charge is 0.276 e. The lowest BCUT2D eigenvalue weighted by molar-refractivity contribution is 0.0671. The summed E-state index contributed by atoms with van der Waals surface area (Å²) in [6, 6.07) is 4.01. The molecular formula is C15H16ClFN4O2. The van der Waals surface area contributed by atoms with Crippen LogP contribution in [0.3, 0.4) is 0 Å². The van der Waals surface area contributed by atoms with Gasteiger partial charge in [-0.3, -0.25) is 4.79 Å². The Morgan fingerprint density at radius 1 is 1.52 bits per heavy atom. The van der Waals surface area contributed by atoms with Crippen LogP contribution >= 0.6 is 11.6 Å². The molecule has 1 atom stereocenters. The first kappa shape index (κ1) is 15.9. The highest BCUT2D eigenvalue weighted by atomic mass is 35.5. The standard InChI is InChI=1S/C15H16ClFN4O2/c1-9-14(15(23)20-6-2-3-11(20)8-22)18-19-21(9)10-4-5-13(17)12(16)7-10/h4-5,7,11,22H,2-3,6,8H2,1H3/t11-/m1/s1. The molecular weight excluding hydrogens is 323 g/mol. The minimum Gasteiger partial charge on any atom is -0.394 e. The molecule has 1 amide bonds. The van der Waals surface area contributed by atoms with Gasteiger partial charge in [-0.25, -0.2) is 9.07 Å². The van der Waals surface area contributed by atoms with Crippen LogP contribution in [0.15, 0.2) is 18.2 Å². The van der Waals surface area contributed by atoms with Crippen molar-refractivity contribution < 1.29 is 14.3 Å². The minimum atomic E-state index is -0.521. The first-order valence-electron chi connectivity index (χ1n) is 7.32. The van der Waals surface area contributed by atoms with Crippen molar-refractivity contribution in [2.45, 2.75) is 25.8 Å². The molecule has 1 N–H and O–H groups in total. The van der Waals surface area contributed by atoms with E-state index in [2.05, 4.69) is 10.3 Å². The van der Waals surface area contributed by atoms with Gasteiger partial charge in [0.25, 0.3) is 5.91 Å². The Morgan fingerprint density at radius 3 is 3.00 bits per heavy atom. The number of likely N-dealkylation sites (tertiary alicyclic amines) is 1. The molecule has 0 spiro atoms. The maximum atomic E-state index is 13.3. The first-order chi connectivity index (χ1) is 11.0. The number of nitrogens with zero attached hydrogens (tertiary/aromatic N) is 4. The van der Waals surface area contributed by atoms with Crippen LogP contribution in [0.4, 0.5) is 4.39 Å². The van der Waals surface area contributed by atoms with Gasteiger partial charge in [-0.1, -0.05) is 16.8 Å². The van der Waals surface area contributed by atoms with E-state index >= 15 is 0 Å². The van der Waals surface area contributed by atoms with Crippen LogP contribution in [0.25, 0.3) is 5.69 Å². The molecule has 1 aromatic carbocycles. The lowest BCUT2D eigenvalue weighted by atomic mass is 10.2. The van der Waals surface area contributed by atoms with Gasteiger partial charge in [0.2, 0.25) is 0 Å². The summed E-state index contributed by atoms with van der Waals surface area (Å²) in [5.41, 5.74) is 1.30. The van der Waals surface area contributed by atoms with Gasteiger partial charge in [-0.05, 0) is 38.0 Å². The maximum absolute atomic E-state index is 13.3. The molecule has 8 heteroatoms. The van der Waals surface area contributed by atoms with Gasteiger partial charge in [0.15, 0.2) is 5.69 Å². The highest BCUT2D eigenvalue weighted by Gasteiger charge is 2.31. The normalized spacial score (nSPS) is 17.7. The number of carbonyl (C=O) groups excluding carboxylic acids is 1. The van der Waals surface area contributed by atoms with E-state index in [1.54, 1.807) is 11.8 Å². The number of rotatable bonds is 3. The van der Waals surface area contributed by atoms with E-state index < -0.39 is 5.82 Å². The Balaban J connectivity index is 1.92. The average Bonchev–Trinajstić information content (AvgIpc) is 3.16. The van der Waals surface area contributed by atoms with E-state index in [-0.39, 0.29) is 29.3 Å². The lowest BCUT2D eigenvalue weighted by Gasteiger charge is -2.22. The third kappa shape index (κ3) is 2.82. The van der Waals surface area contributed by atoms with E-state index in [1.165, 1.54) is 22.9 Å². The van der Waals surface area contributed by atoms with Gasteiger partial charge in [0.05, 0.1) is 29.1 Å². The van der Waals surface area contributed by atoms with Crippen LogP contribution < -0.4 is 0 Å². The molecule has 122 valence electrons. The predicted octanol–water partition coefficient (Wildman–Crippen LogP) is 1.97. The molecule has 1 aromatic heterocycles. The number of carbonyl (C=O) groups is 1. The second-order valence-electron chi connectivity index (χ2n) is 5.51. The largest absolute Gasteiger partial charge is 0.394 e. The molecule has 2 heterocycles. The Kier molecular flexibility index (Phi) is 4.32. The van der Waals surface area contributed by atoms with Crippen molar-refractivity contribution in [1.29, 1.82) is 0 Å². The van der Waals surface area contributed by atoms with Crippen molar-refractivity contribution in [3.05, 3.63) is 40.4 Å². The molecule has 0 saturated carbocycles. The van der Waals surface area contributed by atoms with Crippen molar-refractivity contribution in [3.63, 3.8) is 0 Å². The molecule has 1 fully saturated rings. The molecule has 3 rings (SSSR count). The topological polar surface area (TPSA) is 71.2 Å². The summed E-state index contributed by atoms with van der Waals surface area (Å²) in [5.74, 6) is -0.772. The zero-order chi connectivity index (χ0) is 16.6. The number of hydrogen-bond acceptors (Lipinski definition) is 4. The summed E-state index contributed by atoms with van der Waals surface area (Å²) >= 11 is 5.79. The van der Waals surface area contributed by atoms with Gasteiger partial charge in [-0.2, -0.15) is 0 Å². The zero-order valence-corrected chi connectivity index (χ0v) is 13.3. The Hall–Kier alpha value is -1.99. The zero-order valence-electron chi connectivity index (χ0n) is 12.5. The number of benzene rings is 1. The number of aromatic nitrogens is 3. The Morgan fingerprint density at radius 2 is 2.30 bits per heavy atom. The van der Waals surface area contributed by atoms with E-state index in [1.807, 2.05) is 0 Å². The van der Waals surface area contributed by atoms with Crippen LogP contribution in [0.5, 0.6) is 0 Å². The fraction of sp³-hybridized carbons (Fsp3) is 0.400. The van der Waals surface area contributed by atoms with Crippen molar-refractivity contribution in [3.8, 4) is 5.69 Å². The summed E-state index contributed by atoms with van der Waals surface area (Å²) < 4.78 is 14.7. The van der Waals surface area contributed by atoms with E-state index in [0.29, 0.717) is 17.9 Å². The second kappa shape index (κ2) is 6.25.